The standard InChI is InChI=1S/C9H6ClNO2/c10-7-2-1-5-6(9(12)13)3-4-11-8(5)7/h2-4H,1H2,(H,12,13). The Labute approximate surface area is 79.7 Å². The highest BCUT2D eigenvalue weighted by atomic mass is 35.5. The number of carboxylic acid groups (broad SMARTS) is 1. The van der Waals surface area contributed by atoms with Crippen molar-refractivity contribution in [1.29, 1.82) is 0 Å². The first-order valence-corrected chi connectivity index (χ1v) is 4.15. The third-order valence-electron chi connectivity index (χ3n) is 2.00. The Balaban J connectivity index is 2.61. The molecular weight excluding hydrogens is 190 g/mol. The molecular formula is C9H6ClNO2. The van der Waals surface area contributed by atoms with E-state index < -0.39 is 5.97 Å². The number of hydrogen-bond donors (Lipinski definition) is 1. The van der Waals surface area contributed by atoms with Crippen molar-refractivity contribution < 1.29 is 9.90 Å². The molecule has 1 heterocycles. The summed E-state index contributed by atoms with van der Waals surface area (Å²) in [6.45, 7) is 0. The molecule has 0 aliphatic heterocycles. The summed E-state index contributed by atoms with van der Waals surface area (Å²) < 4.78 is 0. The molecule has 66 valence electrons. The largest absolute Gasteiger partial charge is 0.478 e. The maximum absolute atomic E-state index is 10.8. The number of aromatic carboxylic acids is 1. The molecule has 0 saturated heterocycles. The molecule has 0 atom stereocenters. The van der Waals surface area contributed by atoms with Crippen LogP contribution in [-0.2, 0) is 6.42 Å². The van der Waals surface area contributed by atoms with Gasteiger partial charge >= 0.3 is 5.97 Å². The van der Waals surface area contributed by atoms with Crippen LogP contribution >= 0.6 is 11.6 Å². The van der Waals surface area contributed by atoms with E-state index in [1.807, 2.05) is 0 Å². The summed E-state index contributed by atoms with van der Waals surface area (Å²) in [7, 11) is 0. The second-order valence-electron chi connectivity index (χ2n) is 2.75. The van der Waals surface area contributed by atoms with E-state index in [0.29, 0.717) is 22.7 Å². The van der Waals surface area contributed by atoms with Crippen molar-refractivity contribution in [3.63, 3.8) is 0 Å². The highest BCUT2D eigenvalue weighted by Gasteiger charge is 2.20. The van der Waals surface area contributed by atoms with Crippen LogP contribution in [0.3, 0.4) is 0 Å². The molecule has 0 unspecified atom stereocenters. The van der Waals surface area contributed by atoms with Crippen LogP contribution in [0.1, 0.15) is 21.6 Å². The van der Waals surface area contributed by atoms with Crippen molar-refractivity contribution in [2.45, 2.75) is 6.42 Å². The van der Waals surface area contributed by atoms with Crippen LogP contribution in [0.15, 0.2) is 18.3 Å². The molecule has 0 aromatic carbocycles. The van der Waals surface area contributed by atoms with Gasteiger partial charge in [-0.1, -0.05) is 17.7 Å². The van der Waals surface area contributed by atoms with Gasteiger partial charge in [0, 0.05) is 6.20 Å². The van der Waals surface area contributed by atoms with Crippen LogP contribution in [0.4, 0.5) is 0 Å². The van der Waals surface area contributed by atoms with Crippen LogP contribution in [-0.4, -0.2) is 16.1 Å². The zero-order valence-electron chi connectivity index (χ0n) is 6.62. The average molecular weight is 196 g/mol. The van der Waals surface area contributed by atoms with E-state index in [1.54, 1.807) is 6.08 Å². The number of nitrogens with zero attached hydrogens (tertiary/aromatic N) is 1. The van der Waals surface area contributed by atoms with Crippen molar-refractivity contribution in [2.75, 3.05) is 0 Å². The molecule has 1 aromatic heterocycles. The number of hydrogen-bond acceptors (Lipinski definition) is 2. The van der Waals surface area contributed by atoms with E-state index in [1.165, 1.54) is 12.3 Å². The number of halogens is 1. The lowest BCUT2D eigenvalue weighted by molar-refractivity contribution is 0.0695. The molecule has 3 nitrogen and oxygen atoms in total. The summed E-state index contributed by atoms with van der Waals surface area (Å²) in [6.07, 6.45) is 3.79. The Kier molecular flexibility index (Phi) is 1.81. The van der Waals surface area contributed by atoms with Gasteiger partial charge in [-0.05, 0) is 18.1 Å². The number of pyridine rings is 1. The number of fused-ring (bicyclic) bond motifs is 1. The van der Waals surface area contributed by atoms with E-state index in [0.717, 1.165) is 0 Å². The molecule has 1 aromatic rings. The van der Waals surface area contributed by atoms with Gasteiger partial charge in [-0.2, -0.15) is 0 Å². The van der Waals surface area contributed by atoms with Crippen LogP contribution in [0.25, 0.3) is 5.03 Å². The second-order valence-corrected chi connectivity index (χ2v) is 3.15. The van der Waals surface area contributed by atoms with Crippen LogP contribution in [0.2, 0.25) is 0 Å². The first-order valence-electron chi connectivity index (χ1n) is 3.77. The summed E-state index contributed by atoms with van der Waals surface area (Å²) in [5.41, 5.74) is 1.60. The Morgan fingerprint density at radius 1 is 1.62 bits per heavy atom. The number of carbonyl (C=O) groups is 1. The van der Waals surface area contributed by atoms with E-state index >= 15 is 0 Å². The van der Waals surface area contributed by atoms with Gasteiger partial charge in [0.05, 0.1) is 16.3 Å². The third kappa shape index (κ3) is 1.21. The zero-order valence-corrected chi connectivity index (χ0v) is 7.38. The number of allylic oxidation sites excluding steroid dienone is 1. The third-order valence-corrected chi connectivity index (χ3v) is 2.33. The van der Waals surface area contributed by atoms with Gasteiger partial charge in [-0.25, -0.2) is 4.79 Å². The zero-order chi connectivity index (χ0) is 9.42. The van der Waals surface area contributed by atoms with Crippen LogP contribution in [0.5, 0.6) is 0 Å². The van der Waals surface area contributed by atoms with Crippen molar-refractivity contribution in [3.05, 3.63) is 35.2 Å². The Morgan fingerprint density at radius 2 is 2.38 bits per heavy atom. The fourth-order valence-corrected chi connectivity index (χ4v) is 1.63. The van der Waals surface area contributed by atoms with Gasteiger partial charge in [0.15, 0.2) is 0 Å². The normalized spacial score (nSPS) is 13.8. The molecule has 1 aliphatic carbocycles. The maximum Gasteiger partial charge on any atom is 0.336 e. The second kappa shape index (κ2) is 2.85. The molecule has 0 amide bonds. The Bertz CT molecular complexity index is 412. The molecule has 0 bridgehead atoms. The van der Waals surface area contributed by atoms with Gasteiger partial charge in [0.25, 0.3) is 0 Å². The first-order chi connectivity index (χ1) is 6.20. The quantitative estimate of drug-likeness (QED) is 0.745. The Hall–Kier alpha value is -1.35. The molecule has 1 N–H and O–H groups in total. The molecule has 0 spiro atoms. The van der Waals surface area contributed by atoms with E-state index in [2.05, 4.69) is 4.98 Å². The minimum absolute atomic E-state index is 0.289. The van der Waals surface area contributed by atoms with Gasteiger partial charge in [0.2, 0.25) is 0 Å². The molecule has 4 heteroatoms. The summed E-state index contributed by atoms with van der Waals surface area (Å²) in [6, 6.07) is 1.49. The average Bonchev–Trinajstić information content (AvgIpc) is 2.48. The topological polar surface area (TPSA) is 50.2 Å². The lowest BCUT2D eigenvalue weighted by Crippen LogP contribution is -2.03. The molecule has 13 heavy (non-hydrogen) atoms. The SMILES string of the molecule is O=C(O)c1ccnc2c1CC=C2Cl. The minimum Gasteiger partial charge on any atom is -0.478 e. The highest BCUT2D eigenvalue weighted by molar-refractivity contribution is 6.49. The van der Waals surface area contributed by atoms with Crippen molar-refractivity contribution >= 4 is 22.6 Å². The van der Waals surface area contributed by atoms with Crippen molar-refractivity contribution in [1.82, 2.24) is 4.98 Å². The van der Waals surface area contributed by atoms with Crippen LogP contribution < -0.4 is 0 Å². The molecule has 0 saturated carbocycles. The first kappa shape index (κ1) is 8.26. The monoisotopic (exact) mass is 195 g/mol. The van der Waals surface area contributed by atoms with Gasteiger partial charge in [0.1, 0.15) is 0 Å². The predicted octanol–water partition coefficient (Wildman–Crippen LogP) is 1.92. The predicted molar refractivity (Wildman–Crippen MR) is 48.7 cm³/mol. The fourth-order valence-electron chi connectivity index (χ4n) is 1.39. The maximum atomic E-state index is 10.8. The van der Waals surface area contributed by atoms with Crippen molar-refractivity contribution in [2.24, 2.45) is 0 Å². The number of aromatic nitrogens is 1. The summed E-state index contributed by atoms with van der Waals surface area (Å²) in [5, 5.41) is 9.38. The summed E-state index contributed by atoms with van der Waals surface area (Å²) in [4.78, 5) is 14.8. The molecule has 0 fully saturated rings. The molecule has 2 rings (SSSR count). The molecule has 0 radical (unpaired) electrons. The van der Waals surface area contributed by atoms with Gasteiger partial charge in [-0.15, -0.1) is 0 Å². The Morgan fingerprint density at radius 3 is 3.08 bits per heavy atom. The summed E-state index contributed by atoms with van der Waals surface area (Å²) >= 11 is 5.83. The van der Waals surface area contributed by atoms with Crippen LogP contribution in [0, 0.1) is 0 Å². The number of rotatable bonds is 1. The van der Waals surface area contributed by atoms with E-state index in [9.17, 15) is 4.79 Å². The highest BCUT2D eigenvalue weighted by Crippen LogP contribution is 2.30. The van der Waals surface area contributed by atoms with Gasteiger partial charge in [-0.3, -0.25) is 4.98 Å². The van der Waals surface area contributed by atoms with Crippen molar-refractivity contribution in [3.8, 4) is 0 Å². The van der Waals surface area contributed by atoms with E-state index in [-0.39, 0.29) is 5.56 Å². The minimum atomic E-state index is -0.932. The summed E-state index contributed by atoms with van der Waals surface area (Å²) in [5.74, 6) is -0.932. The van der Waals surface area contributed by atoms with E-state index in [4.69, 9.17) is 16.7 Å². The lowest BCUT2D eigenvalue weighted by Gasteiger charge is -2.02. The number of carboxylic acids is 1. The van der Waals surface area contributed by atoms with Gasteiger partial charge < -0.3 is 5.11 Å². The molecule has 1 aliphatic rings. The fraction of sp³-hybridized carbons (Fsp3) is 0.111. The smallest absolute Gasteiger partial charge is 0.336 e. The lowest BCUT2D eigenvalue weighted by atomic mass is 10.1.